The molecule has 98 valence electrons. The Morgan fingerprint density at radius 2 is 2.18 bits per heavy atom. The fraction of sp³-hybridized carbons (Fsp3) is 0.667. The maximum atomic E-state index is 12.0. The average Bonchev–Trinajstić information content (AvgIpc) is 2.57. The normalized spacial score (nSPS) is 13.8. The van der Waals surface area contributed by atoms with E-state index in [2.05, 4.69) is 9.71 Å². The topological polar surface area (TPSA) is 99.3 Å². The van der Waals surface area contributed by atoms with Crippen molar-refractivity contribution in [1.82, 2.24) is 9.71 Å². The van der Waals surface area contributed by atoms with E-state index in [1.807, 2.05) is 6.92 Å². The summed E-state index contributed by atoms with van der Waals surface area (Å²) in [5.74, 6) is 0. The van der Waals surface area contributed by atoms with E-state index in [0.717, 1.165) is 0 Å². The van der Waals surface area contributed by atoms with E-state index in [0.29, 0.717) is 29.9 Å². The lowest BCUT2D eigenvalue weighted by atomic mass is 10.2. The maximum absolute atomic E-state index is 12.0. The zero-order chi connectivity index (χ0) is 13.1. The van der Waals surface area contributed by atoms with Crippen molar-refractivity contribution in [2.45, 2.75) is 36.9 Å². The molecule has 8 heteroatoms. The number of aromatic nitrogens is 1. The van der Waals surface area contributed by atoms with Gasteiger partial charge in [0.2, 0.25) is 0 Å². The monoisotopic (exact) mass is 280 g/mol. The van der Waals surface area contributed by atoms with Gasteiger partial charge in [0.25, 0.3) is 10.0 Å². The molecule has 0 aliphatic heterocycles. The Bertz CT molecular complexity index is 517. The molecular formula is C9H16N2O4S2. The van der Waals surface area contributed by atoms with Crippen LogP contribution in [0.5, 0.6) is 0 Å². The predicted molar refractivity (Wildman–Crippen MR) is 65.8 cm³/mol. The lowest BCUT2D eigenvalue weighted by Crippen LogP contribution is -2.35. The molecule has 1 aromatic rings. The fourth-order valence-corrected chi connectivity index (χ4v) is 4.09. The fourth-order valence-electron chi connectivity index (χ4n) is 1.42. The number of aromatic amines is 1. The maximum Gasteiger partial charge on any atom is 0.305 e. The molecule has 1 heterocycles. The van der Waals surface area contributed by atoms with Crippen molar-refractivity contribution in [3.05, 3.63) is 15.4 Å². The van der Waals surface area contributed by atoms with Gasteiger partial charge in [0, 0.05) is 18.3 Å². The summed E-state index contributed by atoms with van der Waals surface area (Å²) in [4.78, 5) is 13.1. The van der Waals surface area contributed by atoms with Crippen LogP contribution in [-0.2, 0) is 10.0 Å². The molecule has 17 heavy (non-hydrogen) atoms. The summed E-state index contributed by atoms with van der Waals surface area (Å²) in [5.41, 5.74) is 0.339. The Morgan fingerprint density at radius 3 is 2.59 bits per heavy atom. The number of aryl methyl sites for hydroxylation is 1. The molecule has 0 spiro atoms. The van der Waals surface area contributed by atoms with Gasteiger partial charge in [-0.1, -0.05) is 18.3 Å². The van der Waals surface area contributed by atoms with Gasteiger partial charge in [0.05, 0.1) is 0 Å². The Kier molecular flexibility index (Phi) is 4.87. The Balaban J connectivity index is 2.96. The number of thiazole rings is 1. The van der Waals surface area contributed by atoms with Crippen LogP contribution >= 0.6 is 11.3 Å². The molecule has 1 rings (SSSR count). The van der Waals surface area contributed by atoms with E-state index < -0.39 is 14.9 Å². The second-order valence-electron chi connectivity index (χ2n) is 3.67. The molecule has 0 aliphatic rings. The quantitative estimate of drug-likeness (QED) is 0.692. The molecule has 0 fully saturated rings. The summed E-state index contributed by atoms with van der Waals surface area (Å²) in [7, 11) is -3.68. The van der Waals surface area contributed by atoms with Gasteiger partial charge in [-0.15, -0.1) is 0 Å². The summed E-state index contributed by atoms with van der Waals surface area (Å²) in [6.45, 7) is 3.29. The van der Waals surface area contributed by atoms with Crippen LogP contribution in [0.4, 0.5) is 0 Å². The van der Waals surface area contributed by atoms with Gasteiger partial charge >= 0.3 is 4.87 Å². The number of rotatable bonds is 6. The number of H-pyrrole nitrogens is 1. The Hall–Kier alpha value is -0.700. The lowest BCUT2D eigenvalue weighted by Gasteiger charge is -2.15. The standard InChI is InChI=1S/C9H16N2O4S2/c1-3-7(4-5-12)11-17(14,15)8-6(2)10-9(13)16-8/h7,11-12H,3-5H2,1-2H3,(H,10,13). The highest BCUT2D eigenvalue weighted by Gasteiger charge is 2.23. The van der Waals surface area contributed by atoms with Crippen LogP contribution in [0, 0.1) is 6.92 Å². The van der Waals surface area contributed by atoms with Crippen LogP contribution in [0.25, 0.3) is 0 Å². The van der Waals surface area contributed by atoms with Crippen LogP contribution in [0.1, 0.15) is 25.5 Å². The largest absolute Gasteiger partial charge is 0.396 e. The third kappa shape index (κ3) is 3.63. The van der Waals surface area contributed by atoms with Crippen molar-refractivity contribution < 1.29 is 13.5 Å². The van der Waals surface area contributed by atoms with Gasteiger partial charge in [-0.05, 0) is 19.8 Å². The van der Waals surface area contributed by atoms with Gasteiger partial charge in [0.1, 0.15) is 0 Å². The minimum Gasteiger partial charge on any atom is -0.396 e. The minimum absolute atomic E-state index is 0.0129. The number of nitrogens with one attached hydrogen (secondary N) is 2. The highest BCUT2D eigenvalue weighted by atomic mass is 32.2. The third-order valence-electron chi connectivity index (χ3n) is 2.32. The first-order valence-corrected chi connectivity index (χ1v) is 7.53. The van der Waals surface area contributed by atoms with Crippen molar-refractivity contribution in [2.24, 2.45) is 0 Å². The first kappa shape index (κ1) is 14.4. The zero-order valence-electron chi connectivity index (χ0n) is 9.69. The smallest absolute Gasteiger partial charge is 0.305 e. The highest BCUT2D eigenvalue weighted by molar-refractivity contribution is 7.91. The molecule has 1 aromatic heterocycles. The number of aliphatic hydroxyl groups excluding tert-OH is 1. The van der Waals surface area contributed by atoms with E-state index in [1.165, 1.54) is 0 Å². The van der Waals surface area contributed by atoms with Gasteiger partial charge in [-0.3, -0.25) is 4.79 Å². The van der Waals surface area contributed by atoms with E-state index in [-0.39, 0.29) is 16.9 Å². The third-order valence-corrected chi connectivity index (χ3v) is 5.44. The molecule has 0 aliphatic carbocycles. The first-order chi connectivity index (χ1) is 7.90. The summed E-state index contributed by atoms with van der Waals surface area (Å²) in [6, 6.07) is -0.318. The number of hydrogen-bond acceptors (Lipinski definition) is 5. The molecular weight excluding hydrogens is 264 g/mol. The van der Waals surface area contributed by atoms with Gasteiger partial charge in [0.15, 0.2) is 4.21 Å². The van der Waals surface area contributed by atoms with Gasteiger partial charge in [-0.2, -0.15) is 0 Å². The molecule has 0 bridgehead atoms. The molecule has 1 atom stereocenters. The van der Waals surface area contributed by atoms with Crippen molar-refractivity contribution in [3.8, 4) is 0 Å². The van der Waals surface area contributed by atoms with Crippen molar-refractivity contribution in [3.63, 3.8) is 0 Å². The van der Waals surface area contributed by atoms with E-state index >= 15 is 0 Å². The van der Waals surface area contributed by atoms with E-state index in [4.69, 9.17) is 5.11 Å². The van der Waals surface area contributed by atoms with Crippen LogP contribution in [0.15, 0.2) is 9.00 Å². The predicted octanol–water partition coefficient (Wildman–Crippen LogP) is 0.184. The average molecular weight is 280 g/mol. The number of sulfonamides is 1. The second-order valence-corrected chi connectivity index (χ2v) is 6.56. The summed E-state index contributed by atoms with van der Waals surface area (Å²) < 4.78 is 26.4. The van der Waals surface area contributed by atoms with Crippen molar-refractivity contribution in [1.29, 1.82) is 0 Å². The van der Waals surface area contributed by atoms with Crippen LogP contribution in [-0.4, -0.2) is 31.2 Å². The van der Waals surface area contributed by atoms with Gasteiger partial charge in [-0.25, -0.2) is 13.1 Å². The van der Waals surface area contributed by atoms with Crippen molar-refractivity contribution in [2.75, 3.05) is 6.61 Å². The Labute approximate surface area is 104 Å². The number of hydrogen-bond donors (Lipinski definition) is 3. The molecule has 0 saturated heterocycles. The summed E-state index contributed by atoms with van der Waals surface area (Å²) >= 11 is 0.668. The Morgan fingerprint density at radius 1 is 1.53 bits per heavy atom. The zero-order valence-corrected chi connectivity index (χ0v) is 11.3. The van der Waals surface area contributed by atoms with Crippen molar-refractivity contribution >= 4 is 21.4 Å². The van der Waals surface area contributed by atoms with E-state index in [1.54, 1.807) is 6.92 Å². The molecule has 0 saturated carbocycles. The first-order valence-electron chi connectivity index (χ1n) is 5.23. The van der Waals surface area contributed by atoms with Crippen LogP contribution in [0.2, 0.25) is 0 Å². The highest BCUT2D eigenvalue weighted by Crippen LogP contribution is 2.16. The molecule has 0 radical (unpaired) electrons. The number of aliphatic hydroxyl groups is 1. The molecule has 1 unspecified atom stereocenters. The molecule has 6 nitrogen and oxygen atoms in total. The summed E-state index contributed by atoms with van der Waals surface area (Å²) in [5, 5.41) is 8.81. The van der Waals surface area contributed by atoms with E-state index in [9.17, 15) is 13.2 Å². The molecule has 0 amide bonds. The second kappa shape index (κ2) is 5.76. The molecule has 3 N–H and O–H groups in total. The van der Waals surface area contributed by atoms with Crippen LogP contribution < -0.4 is 9.60 Å². The molecule has 0 aromatic carbocycles. The minimum atomic E-state index is -3.68. The lowest BCUT2D eigenvalue weighted by molar-refractivity contribution is 0.270. The summed E-state index contributed by atoms with van der Waals surface area (Å²) in [6.07, 6.45) is 0.937. The SMILES string of the molecule is CCC(CCO)NS(=O)(=O)c1sc(=O)[nH]c1C. The van der Waals surface area contributed by atoms with Gasteiger partial charge < -0.3 is 10.1 Å². The van der Waals surface area contributed by atoms with Crippen LogP contribution in [0.3, 0.4) is 0 Å².